The average molecular weight is 254 g/mol. The second-order valence-corrected chi connectivity index (χ2v) is 3.87. The summed E-state index contributed by atoms with van der Waals surface area (Å²) in [5, 5.41) is 9.44. The van der Waals surface area contributed by atoms with Crippen LogP contribution in [0.25, 0.3) is 0 Å². The quantitative estimate of drug-likeness (QED) is 0.741. The van der Waals surface area contributed by atoms with E-state index in [0.29, 0.717) is 26.2 Å². The minimum absolute atomic E-state index is 0.0125. The number of aliphatic hydroxyl groups is 1. The summed E-state index contributed by atoms with van der Waals surface area (Å²) in [6, 6.07) is 0. The van der Waals surface area contributed by atoms with Gasteiger partial charge in [0.25, 0.3) is 0 Å². The molecule has 0 radical (unpaired) electrons. The van der Waals surface area contributed by atoms with Crippen LogP contribution in [-0.4, -0.2) is 37.1 Å². The third-order valence-electron chi connectivity index (χ3n) is 2.51. The molecule has 1 aliphatic heterocycles. The van der Waals surface area contributed by atoms with Crippen LogP contribution < -0.4 is 0 Å². The lowest BCUT2D eigenvalue weighted by molar-refractivity contribution is -0.0757. The van der Waals surface area contributed by atoms with E-state index < -0.39 is 0 Å². The second kappa shape index (κ2) is 11.2. The van der Waals surface area contributed by atoms with Crippen molar-refractivity contribution in [2.75, 3.05) is 19.8 Å². The molecule has 2 atom stereocenters. The third kappa shape index (κ3) is 7.43. The molecule has 1 fully saturated rings. The fraction of sp³-hybridized carbons (Fsp3) is 0.600. The molecule has 1 rings (SSSR count). The number of ether oxygens (including phenoxy) is 2. The Balaban J connectivity index is 0.00000137. The summed E-state index contributed by atoms with van der Waals surface area (Å²) in [5.41, 5.74) is 0.992. The molecule has 0 aromatic heterocycles. The SMILES string of the molecule is C=C/C=C(\C=C)COCC1CC(O)CCO1.CC. The average Bonchev–Trinajstić information content (AvgIpc) is 2.40. The molecule has 0 saturated carbocycles. The maximum Gasteiger partial charge on any atom is 0.0833 e. The Kier molecular flexibility index (Phi) is 10.6. The van der Waals surface area contributed by atoms with Gasteiger partial charge in [-0.1, -0.05) is 45.2 Å². The van der Waals surface area contributed by atoms with Crippen LogP contribution in [0.4, 0.5) is 0 Å². The van der Waals surface area contributed by atoms with E-state index in [4.69, 9.17) is 9.47 Å². The Labute approximate surface area is 111 Å². The van der Waals surface area contributed by atoms with Gasteiger partial charge in [0.2, 0.25) is 0 Å². The molecule has 0 aliphatic carbocycles. The van der Waals surface area contributed by atoms with Crippen molar-refractivity contribution in [1.29, 1.82) is 0 Å². The lowest BCUT2D eigenvalue weighted by atomic mass is 10.1. The molecular weight excluding hydrogens is 228 g/mol. The van der Waals surface area contributed by atoms with Crippen molar-refractivity contribution < 1.29 is 14.6 Å². The summed E-state index contributed by atoms with van der Waals surface area (Å²) >= 11 is 0. The topological polar surface area (TPSA) is 38.7 Å². The van der Waals surface area contributed by atoms with Crippen molar-refractivity contribution in [1.82, 2.24) is 0 Å². The Bertz CT molecular complexity index is 258. The Hall–Kier alpha value is -0.900. The fourth-order valence-corrected chi connectivity index (χ4v) is 1.61. The Morgan fingerprint density at radius 3 is 2.72 bits per heavy atom. The lowest BCUT2D eigenvalue weighted by Gasteiger charge is -2.26. The van der Waals surface area contributed by atoms with E-state index in [1.54, 1.807) is 12.2 Å². The molecule has 18 heavy (non-hydrogen) atoms. The first-order chi connectivity index (χ1) is 8.76. The first kappa shape index (κ1) is 17.1. The van der Waals surface area contributed by atoms with Crippen LogP contribution in [0.3, 0.4) is 0 Å². The van der Waals surface area contributed by atoms with E-state index in [-0.39, 0.29) is 12.2 Å². The predicted octanol–water partition coefficient (Wildman–Crippen LogP) is 2.87. The van der Waals surface area contributed by atoms with Gasteiger partial charge in [-0.3, -0.25) is 0 Å². The van der Waals surface area contributed by atoms with Gasteiger partial charge in [0.05, 0.1) is 25.4 Å². The van der Waals surface area contributed by atoms with Crippen LogP contribution in [0.1, 0.15) is 26.7 Å². The minimum atomic E-state index is -0.245. The third-order valence-corrected chi connectivity index (χ3v) is 2.51. The van der Waals surface area contributed by atoms with Gasteiger partial charge < -0.3 is 14.6 Å². The summed E-state index contributed by atoms with van der Waals surface area (Å²) < 4.78 is 11.0. The molecular formula is C15H26O3. The number of hydrogen-bond acceptors (Lipinski definition) is 3. The van der Waals surface area contributed by atoms with Crippen molar-refractivity contribution in [2.45, 2.75) is 38.9 Å². The van der Waals surface area contributed by atoms with Gasteiger partial charge in [-0.05, 0) is 12.0 Å². The Morgan fingerprint density at radius 1 is 1.44 bits per heavy atom. The van der Waals surface area contributed by atoms with Crippen LogP contribution in [0.5, 0.6) is 0 Å². The van der Waals surface area contributed by atoms with E-state index in [0.717, 1.165) is 12.0 Å². The van der Waals surface area contributed by atoms with Crippen LogP contribution in [0, 0.1) is 0 Å². The van der Waals surface area contributed by atoms with Crippen molar-refractivity contribution >= 4 is 0 Å². The monoisotopic (exact) mass is 254 g/mol. The highest BCUT2D eigenvalue weighted by atomic mass is 16.5. The van der Waals surface area contributed by atoms with E-state index in [2.05, 4.69) is 13.2 Å². The zero-order valence-electron chi connectivity index (χ0n) is 11.6. The van der Waals surface area contributed by atoms with Crippen LogP contribution in [0.15, 0.2) is 37.0 Å². The number of hydrogen-bond donors (Lipinski definition) is 1. The summed E-state index contributed by atoms with van der Waals surface area (Å²) in [4.78, 5) is 0. The molecule has 1 saturated heterocycles. The lowest BCUT2D eigenvalue weighted by Crippen LogP contribution is -2.32. The summed E-state index contributed by atoms with van der Waals surface area (Å²) in [6.45, 7) is 12.9. The largest absolute Gasteiger partial charge is 0.393 e. The molecule has 104 valence electrons. The Morgan fingerprint density at radius 2 is 2.17 bits per heavy atom. The van der Waals surface area contributed by atoms with Crippen molar-refractivity contribution in [3.8, 4) is 0 Å². The maximum atomic E-state index is 9.44. The highest BCUT2D eigenvalue weighted by Crippen LogP contribution is 2.14. The second-order valence-electron chi connectivity index (χ2n) is 3.87. The molecule has 0 aromatic carbocycles. The highest BCUT2D eigenvalue weighted by Gasteiger charge is 2.20. The summed E-state index contributed by atoms with van der Waals surface area (Å²) in [7, 11) is 0. The van der Waals surface area contributed by atoms with E-state index in [1.165, 1.54) is 0 Å². The highest BCUT2D eigenvalue weighted by molar-refractivity contribution is 5.21. The van der Waals surface area contributed by atoms with Crippen molar-refractivity contribution in [3.63, 3.8) is 0 Å². The molecule has 1 aliphatic rings. The molecule has 3 heteroatoms. The van der Waals surface area contributed by atoms with Gasteiger partial charge in [-0.25, -0.2) is 0 Å². The molecule has 3 nitrogen and oxygen atoms in total. The van der Waals surface area contributed by atoms with E-state index >= 15 is 0 Å². The molecule has 0 bridgehead atoms. The number of allylic oxidation sites excluding steroid dienone is 2. The number of rotatable bonds is 6. The molecule has 1 N–H and O–H groups in total. The summed E-state index contributed by atoms with van der Waals surface area (Å²) in [6.07, 6.45) is 6.48. The zero-order chi connectivity index (χ0) is 13.8. The van der Waals surface area contributed by atoms with Gasteiger partial charge in [0, 0.05) is 13.0 Å². The maximum absolute atomic E-state index is 9.44. The van der Waals surface area contributed by atoms with E-state index in [9.17, 15) is 5.11 Å². The smallest absolute Gasteiger partial charge is 0.0833 e. The van der Waals surface area contributed by atoms with Gasteiger partial charge in [-0.15, -0.1) is 0 Å². The van der Waals surface area contributed by atoms with E-state index in [1.807, 2.05) is 19.9 Å². The molecule has 0 amide bonds. The zero-order valence-corrected chi connectivity index (χ0v) is 11.6. The first-order valence-electron chi connectivity index (χ1n) is 6.57. The van der Waals surface area contributed by atoms with Crippen molar-refractivity contribution in [2.24, 2.45) is 0 Å². The standard InChI is InChI=1S/C13H20O3.C2H6/c1-3-5-11(4-2)9-15-10-13-8-12(14)6-7-16-13;1-2/h3-5,12-14H,1-2,6-10H2;1-2H3/b11-5+;. The molecule has 1 heterocycles. The molecule has 0 aromatic rings. The van der Waals surface area contributed by atoms with Crippen molar-refractivity contribution in [3.05, 3.63) is 37.0 Å². The van der Waals surface area contributed by atoms with Crippen LogP contribution in [-0.2, 0) is 9.47 Å². The van der Waals surface area contributed by atoms with Gasteiger partial charge >= 0.3 is 0 Å². The minimum Gasteiger partial charge on any atom is -0.393 e. The predicted molar refractivity (Wildman–Crippen MR) is 75.6 cm³/mol. The van der Waals surface area contributed by atoms with Gasteiger partial charge in [0.15, 0.2) is 0 Å². The van der Waals surface area contributed by atoms with Crippen LogP contribution in [0.2, 0.25) is 0 Å². The molecule has 0 spiro atoms. The van der Waals surface area contributed by atoms with Gasteiger partial charge in [-0.2, -0.15) is 0 Å². The summed E-state index contributed by atoms with van der Waals surface area (Å²) in [5.74, 6) is 0. The fourth-order valence-electron chi connectivity index (χ4n) is 1.61. The van der Waals surface area contributed by atoms with Gasteiger partial charge in [0.1, 0.15) is 0 Å². The first-order valence-corrected chi connectivity index (χ1v) is 6.57. The molecule has 2 unspecified atom stereocenters. The normalized spacial score (nSPS) is 23.8. The number of aliphatic hydroxyl groups excluding tert-OH is 1. The van der Waals surface area contributed by atoms with Crippen LogP contribution >= 0.6 is 0 Å².